The number of benzene rings is 1. The number of halogens is 3. The third-order valence-corrected chi connectivity index (χ3v) is 2.90. The molecule has 1 aromatic rings. The Labute approximate surface area is 109 Å². The normalized spacial score (nSPS) is 13.2. The Balaban J connectivity index is 2.70. The second kappa shape index (κ2) is 6.78. The molecule has 6 heteroatoms. The molecule has 0 aliphatic rings. The predicted molar refractivity (Wildman–Crippen MR) is 66.3 cm³/mol. The van der Waals surface area contributed by atoms with Gasteiger partial charge in [-0.25, -0.2) is 0 Å². The van der Waals surface area contributed by atoms with E-state index >= 15 is 0 Å². The maximum absolute atomic E-state index is 12.2. The molecule has 0 heterocycles. The number of thiol groups is 1. The van der Waals surface area contributed by atoms with Crippen LogP contribution in [0.1, 0.15) is 13.3 Å². The van der Waals surface area contributed by atoms with E-state index in [1.165, 1.54) is 18.2 Å². The van der Waals surface area contributed by atoms with Gasteiger partial charge >= 0.3 is 6.36 Å². The third-order valence-electron chi connectivity index (χ3n) is 2.38. The van der Waals surface area contributed by atoms with Gasteiger partial charge in [-0.15, -0.1) is 13.2 Å². The molecule has 102 valence electrons. The predicted octanol–water partition coefficient (Wildman–Crippen LogP) is 3.92. The molecule has 2 nitrogen and oxygen atoms in total. The lowest BCUT2D eigenvalue weighted by Crippen LogP contribution is -2.18. The van der Waals surface area contributed by atoms with E-state index in [1.807, 2.05) is 6.92 Å². The molecule has 0 spiro atoms. The van der Waals surface area contributed by atoms with Crippen LogP contribution in [0.5, 0.6) is 11.5 Å². The molecule has 0 amide bonds. The van der Waals surface area contributed by atoms with Gasteiger partial charge in [0.15, 0.2) is 11.5 Å². The molecule has 0 fully saturated rings. The van der Waals surface area contributed by atoms with Crippen molar-refractivity contribution in [3.05, 3.63) is 24.3 Å². The van der Waals surface area contributed by atoms with Gasteiger partial charge in [-0.3, -0.25) is 0 Å². The molecule has 0 saturated carbocycles. The lowest BCUT2D eigenvalue weighted by Gasteiger charge is -2.16. The standard InChI is InChI=1S/C12H15F3O2S/c1-2-9(8-18)7-16-10-5-3-4-6-11(10)17-12(13,14)15/h3-6,9,18H,2,7-8H2,1H3. The Morgan fingerprint density at radius 3 is 2.33 bits per heavy atom. The summed E-state index contributed by atoms with van der Waals surface area (Å²) in [7, 11) is 0. The second-order valence-corrected chi connectivity index (χ2v) is 4.13. The molecule has 0 bridgehead atoms. The van der Waals surface area contributed by atoms with E-state index in [9.17, 15) is 13.2 Å². The highest BCUT2D eigenvalue weighted by Gasteiger charge is 2.32. The highest BCUT2D eigenvalue weighted by molar-refractivity contribution is 7.80. The smallest absolute Gasteiger partial charge is 0.489 e. The number of hydrogen-bond acceptors (Lipinski definition) is 3. The van der Waals surface area contributed by atoms with Crippen molar-refractivity contribution in [2.45, 2.75) is 19.7 Å². The Hall–Kier alpha value is -1.04. The van der Waals surface area contributed by atoms with Crippen molar-refractivity contribution in [1.82, 2.24) is 0 Å². The van der Waals surface area contributed by atoms with Gasteiger partial charge in [0, 0.05) is 5.92 Å². The van der Waals surface area contributed by atoms with E-state index < -0.39 is 6.36 Å². The summed E-state index contributed by atoms with van der Waals surface area (Å²) < 4.78 is 45.7. The Bertz CT molecular complexity index is 365. The first kappa shape index (κ1) is 15.0. The average molecular weight is 280 g/mol. The summed E-state index contributed by atoms with van der Waals surface area (Å²) in [6.07, 6.45) is -3.86. The van der Waals surface area contributed by atoms with Gasteiger partial charge in [0.1, 0.15) is 0 Å². The van der Waals surface area contributed by atoms with Gasteiger partial charge in [-0.05, 0) is 24.3 Å². The molecule has 0 saturated heterocycles. The highest BCUT2D eigenvalue weighted by atomic mass is 32.1. The zero-order chi connectivity index (χ0) is 13.6. The van der Waals surface area contributed by atoms with Crippen LogP contribution in [0.3, 0.4) is 0 Å². The minimum atomic E-state index is -4.72. The Morgan fingerprint density at radius 1 is 1.22 bits per heavy atom. The Morgan fingerprint density at radius 2 is 1.83 bits per heavy atom. The van der Waals surface area contributed by atoms with Crippen LogP contribution in [-0.4, -0.2) is 18.7 Å². The second-order valence-electron chi connectivity index (χ2n) is 3.76. The maximum atomic E-state index is 12.2. The summed E-state index contributed by atoms with van der Waals surface area (Å²) in [5.41, 5.74) is 0. The summed E-state index contributed by atoms with van der Waals surface area (Å²) in [5, 5.41) is 0. The molecule has 1 atom stereocenters. The van der Waals surface area contributed by atoms with Crippen molar-refractivity contribution in [3.63, 3.8) is 0 Å². The van der Waals surface area contributed by atoms with Crippen LogP contribution in [0, 0.1) is 5.92 Å². The summed E-state index contributed by atoms with van der Waals surface area (Å²) in [5.74, 6) is 0.597. The monoisotopic (exact) mass is 280 g/mol. The molecular formula is C12H15F3O2S. The molecule has 0 radical (unpaired) electrons. The number of hydrogen-bond donors (Lipinski definition) is 1. The number of ether oxygens (including phenoxy) is 2. The fraction of sp³-hybridized carbons (Fsp3) is 0.500. The van der Waals surface area contributed by atoms with Crippen LogP contribution in [0.25, 0.3) is 0 Å². The topological polar surface area (TPSA) is 18.5 Å². The average Bonchev–Trinajstić information content (AvgIpc) is 2.30. The van der Waals surface area contributed by atoms with E-state index in [4.69, 9.17) is 4.74 Å². The van der Waals surface area contributed by atoms with Gasteiger partial charge in [0.2, 0.25) is 0 Å². The summed E-state index contributed by atoms with van der Waals surface area (Å²) in [4.78, 5) is 0. The van der Waals surface area contributed by atoms with E-state index in [0.717, 1.165) is 6.42 Å². The zero-order valence-corrected chi connectivity index (χ0v) is 10.8. The molecule has 1 unspecified atom stereocenters. The molecule has 1 aromatic carbocycles. The first-order valence-electron chi connectivity index (χ1n) is 5.54. The van der Waals surface area contributed by atoms with Gasteiger partial charge in [-0.2, -0.15) is 12.6 Å². The van der Waals surface area contributed by atoms with Crippen LogP contribution in [-0.2, 0) is 0 Å². The number of para-hydroxylation sites is 2. The molecular weight excluding hydrogens is 265 g/mol. The van der Waals surface area contributed by atoms with Crippen molar-refractivity contribution < 1.29 is 22.6 Å². The van der Waals surface area contributed by atoms with Crippen LogP contribution in [0.2, 0.25) is 0 Å². The SMILES string of the molecule is CCC(CS)COc1ccccc1OC(F)(F)F. The first-order chi connectivity index (χ1) is 8.46. The zero-order valence-electron chi connectivity index (χ0n) is 9.91. The van der Waals surface area contributed by atoms with Gasteiger partial charge in [0.25, 0.3) is 0 Å². The fourth-order valence-corrected chi connectivity index (χ4v) is 1.65. The van der Waals surface area contributed by atoms with Crippen molar-refractivity contribution in [2.75, 3.05) is 12.4 Å². The fourth-order valence-electron chi connectivity index (χ4n) is 1.29. The van der Waals surface area contributed by atoms with E-state index in [0.29, 0.717) is 12.4 Å². The van der Waals surface area contributed by atoms with Crippen LogP contribution < -0.4 is 9.47 Å². The lowest BCUT2D eigenvalue weighted by molar-refractivity contribution is -0.275. The minimum Gasteiger partial charge on any atom is -0.489 e. The molecule has 1 rings (SSSR count). The van der Waals surface area contributed by atoms with Crippen molar-refractivity contribution in [3.8, 4) is 11.5 Å². The van der Waals surface area contributed by atoms with E-state index in [1.54, 1.807) is 6.07 Å². The summed E-state index contributed by atoms with van der Waals surface area (Å²) in [6.45, 7) is 2.29. The quantitative estimate of drug-likeness (QED) is 0.796. The van der Waals surface area contributed by atoms with E-state index in [2.05, 4.69) is 17.4 Å². The van der Waals surface area contributed by atoms with Crippen LogP contribution >= 0.6 is 12.6 Å². The van der Waals surface area contributed by atoms with Gasteiger partial charge in [0.05, 0.1) is 6.61 Å². The van der Waals surface area contributed by atoms with E-state index in [-0.39, 0.29) is 17.4 Å². The Kier molecular flexibility index (Phi) is 5.65. The first-order valence-corrected chi connectivity index (χ1v) is 6.18. The largest absolute Gasteiger partial charge is 0.573 e. The third kappa shape index (κ3) is 5.08. The van der Waals surface area contributed by atoms with Gasteiger partial charge in [-0.1, -0.05) is 19.1 Å². The number of alkyl halides is 3. The molecule has 0 aliphatic carbocycles. The minimum absolute atomic E-state index is 0.0926. The van der Waals surface area contributed by atoms with Crippen LogP contribution in [0.15, 0.2) is 24.3 Å². The summed E-state index contributed by atoms with van der Waals surface area (Å²) >= 11 is 4.15. The molecule has 0 N–H and O–H groups in total. The maximum Gasteiger partial charge on any atom is 0.573 e. The summed E-state index contributed by atoms with van der Waals surface area (Å²) in [6, 6.07) is 5.74. The highest BCUT2D eigenvalue weighted by Crippen LogP contribution is 2.32. The van der Waals surface area contributed by atoms with Gasteiger partial charge < -0.3 is 9.47 Å². The van der Waals surface area contributed by atoms with Crippen molar-refractivity contribution >= 4 is 12.6 Å². The lowest BCUT2D eigenvalue weighted by atomic mass is 10.1. The number of rotatable bonds is 6. The van der Waals surface area contributed by atoms with Crippen molar-refractivity contribution in [2.24, 2.45) is 5.92 Å². The molecule has 0 aromatic heterocycles. The van der Waals surface area contributed by atoms with Crippen LogP contribution in [0.4, 0.5) is 13.2 Å². The molecule has 18 heavy (non-hydrogen) atoms. The van der Waals surface area contributed by atoms with Crippen molar-refractivity contribution in [1.29, 1.82) is 0 Å². The molecule has 0 aliphatic heterocycles.